The molecular weight excluding hydrogens is 240 g/mol. The number of pyridine rings is 1. The molecule has 4 fully saturated rings. The van der Waals surface area contributed by atoms with Crippen molar-refractivity contribution in [3.05, 3.63) is 24.4 Å². The van der Waals surface area contributed by atoms with Gasteiger partial charge in [0.15, 0.2) is 6.35 Å². The molecule has 0 amide bonds. The van der Waals surface area contributed by atoms with Crippen molar-refractivity contribution in [3.8, 4) is 0 Å². The summed E-state index contributed by atoms with van der Waals surface area (Å²) in [5.41, 5.74) is 6.12. The van der Waals surface area contributed by atoms with Gasteiger partial charge in [-0.25, -0.2) is 4.98 Å². The Hall–Kier alpha value is -1.17. The normalized spacial score (nSPS) is 41.1. The van der Waals surface area contributed by atoms with E-state index in [1.165, 1.54) is 25.9 Å². The number of fused-ring (bicyclic) bond motifs is 2. The third-order valence-corrected chi connectivity index (χ3v) is 4.87. The van der Waals surface area contributed by atoms with Crippen molar-refractivity contribution < 1.29 is 4.74 Å². The predicted octanol–water partition coefficient (Wildman–Crippen LogP) is 0.625. The van der Waals surface area contributed by atoms with Gasteiger partial charge in [0, 0.05) is 12.7 Å². The molecule has 0 saturated carbocycles. The first-order valence-corrected chi connectivity index (χ1v) is 7.10. The first kappa shape index (κ1) is 11.6. The molecule has 1 aromatic rings. The van der Waals surface area contributed by atoms with Crippen LogP contribution in [0.3, 0.4) is 0 Å². The summed E-state index contributed by atoms with van der Waals surface area (Å²) in [6, 6.07) is 5.93. The first-order chi connectivity index (χ1) is 9.27. The summed E-state index contributed by atoms with van der Waals surface area (Å²) in [4.78, 5) is 9.01. The molecule has 1 spiro atoms. The number of ether oxygens (including phenoxy) is 1. The van der Waals surface area contributed by atoms with Gasteiger partial charge in [0.2, 0.25) is 0 Å². The van der Waals surface area contributed by atoms with Crippen molar-refractivity contribution in [1.82, 2.24) is 9.88 Å². The Balaban J connectivity index is 1.61. The zero-order valence-corrected chi connectivity index (χ0v) is 11.0. The van der Waals surface area contributed by atoms with Crippen molar-refractivity contribution in [2.75, 3.05) is 31.1 Å². The van der Waals surface area contributed by atoms with E-state index in [4.69, 9.17) is 10.5 Å². The summed E-state index contributed by atoms with van der Waals surface area (Å²) < 4.78 is 6.21. The topological polar surface area (TPSA) is 54.6 Å². The fourth-order valence-electron chi connectivity index (χ4n) is 3.89. The van der Waals surface area contributed by atoms with Gasteiger partial charge in [-0.05, 0) is 44.0 Å². The molecule has 5 heterocycles. The van der Waals surface area contributed by atoms with Crippen LogP contribution in [-0.4, -0.2) is 48.0 Å². The highest BCUT2D eigenvalue weighted by molar-refractivity contribution is 5.40. The molecule has 5 rings (SSSR count). The summed E-state index contributed by atoms with van der Waals surface area (Å²) in [5.74, 6) is 1.57. The van der Waals surface area contributed by atoms with E-state index >= 15 is 0 Å². The van der Waals surface area contributed by atoms with Crippen molar-refractivity contribution in [2.24, 2.45) is 11.7 Å². The zero-order chi connectivity index (χ0) is 12.9. The molecule has 2 atom stereocenters. The molecule has 5 nitrogen and oxygen atoms in total. The lowest BCUT2D eigenvalue weighted by atomic mass is 9.75. The molecule has 102 valence electrons. The molecule has 4 aliphatic heterocycles. The van der Waals surface area contributed by atoms with Crippen LogP contribution in [0.1, 0.15) is 12.8 Å². The number of rotatable bonds is 1. The van der Waals surface area contributed by atoms with Gasteiger partial charge >= 0.3 is 0 Å². The first-order valence-electron chi connectivity index (χ1n) is 7.10. The van der Waals surface area contributed by atoms with Gasteiger partial charge in [-0.2, -0.15) is 0 Å². The molecule has 2 unspecified atom stereocenters. The summed E-state index contributed by atoms with van der Waals surface area (Å²) in [7, 11) is 0. The maximum absolute atomic E-state index is 6.21. The number of hydrogen-bond acceptors (Lipinski definition) is 5. The number of aromatic nitrogens is 1. The molecule has 2 bridgehead atoms. The molecule has 19 heavy (non-hydrogen) atoms. The number of anilines is 1. The fraction of sp³-hybridized carbons (Fsp3) is 0.643. The second kappa shape index (κ2) is 4.16. The van der Waals surface area contributed by atoms with Gasteiger partial charge in [0.1, 0.15) is 11.4 Å². The molecule has 4 aliphatic rings. The Bertz CT molecular complexity index is 460. The van der Waals surface area contributed by atoms with E-state index in [-0.39, 0.29) is 12.0 Å². The Labute approximate surface area is 113 Å². The Morgan fingerprint density at radius 1 is 1.26 bits per heavy atom. The van der Waals surface area contributed by atoms with Crippen molar-refractivity contribution in [1.29, 1.82) is 0 Å². The van der Waals surface area contributed by atoms with Crippen LogP contribution in [0.4, 0.5) is 5.82 Å². The number of nitrogens with two attached hydrogens (primary N) is 1. The highest BCUT2D eigenvalue weighted by Gasteiger charge is 2.54. The lowest BCUT2D eigenvalue weighted by molar-refractivity contribution is -0.137. The second-order valence-corrected chi connectivity index (χ2v) is 5.94. The third kappa shape index (κ3) is 1.76. The minimum atomic E-state index is -0.365. The average molecular weight is 260 g/mol. The van der Waals surface area contributed by atoms with Crippen LogP contribution in [0.15, 0.2) is 24.4 Å². The van der Waals surface area contributed by atoms with Crippen molar-refractivity contribution >= 4 is 5.82 Å². The van der Waals surface area contributed by atoms with Crippen LogP contribution in [-0.2, 0) is 4.74 Å². The SMILES string of the molecule is NC1OC2(CN3CCC2CC3)CN1c1ccccn1. The lowest BCUT2D eigenvalue weighted by Gasteiger charge is -2.50. The largest absolute Gasteiger partial charge is 0.335 e. The number of nitrogens with zero attached hydrogens (tertiary/aromatic N) is 3. The fourth-order valence-corrected chi connectivity index (χ4v) is 3.89. The van der Waals surface area contributed by atoms with Crippen LogP contribution in [0, 0.1) is 5.92 Å². The van der Waals surface area contributed by atoms with Gasteiger partial charge in [-0.1, -0.05) is 6.07 Å². The lowest BCUT2D eigenvalue weighted by Crippen LogP contribution is -2.61. The smallest absolute Gasteiger partial charge is 0.186 e. The van der Waals surface area contributed by atoms with E-state index in [0.29, 0.717) is 5.92 Å². The van der Waals surface area contributed by atoms with E-state index in [9.17, 15) is 0 Å². The second-order valence-electron chi connectivity index (χ2n) is 5.94. The van der Waals surface area contributed by atoms with E-state index in [0.717, 1.165) is 18.9 Å². The predicted molar refractivity (Wildman–Crippen MR) is 72.5 cm³/mol. The van der Waals surface area contributed by atoms with E-state index in [1.54, 1.807) is 0 Å². The molecule has 0 aliphatic carbocycles. The maximum Gasteiger partial charge on any atom is 0.186 e. The monoisotopic (exact) mass is 260 g/mol. The van der Waals surface area contributed by atoms with Crippen LogP contribution in [0.5, 0.6) is 0 Å². The van der Waals surface area contributed by atoms with Gasteiger partial charge in [0.25, 0.3) is 0 Å². The average Bonchev–Trinajstić information content (AvgIpc) is 2.77. The number of piperidine rings is 3. The summed E-state index contributed by atoms with van der Waals surface area (Å²) in [6.07, 6.45) is 3.92. The minimum Gasteiger partial charge on any atom is -0.335 e. The van der Waals surface area contributed by atoms with E-state index in [1.807, 2.05) is 24.4 Å². The number of hydrogen-bond donors (Lipinski definition) is 1. The zero-order valence-electron chi connectivity index (χ0n) is 11.0. The van der Waals surface area contributed by atoms with Gasteiger partial charge < -0.3 is 14.5 Å². The minimum absolute atomic E-state index is 0.0760. The molecule has 2 N–H and O–H groups in total. The standard InChI is InChI=1S/C14H20N4O/c15-13-18(12-3-1-2-6-16-12)10-14(19-13)9-17-7-4-11(14)5-8-17/h1-3,6,11,13H,4-5,7-10,15H2. The van der Waals surface area contributed by atoms with E-state index < -0.39 is 0 Å². The van der Waals surface area contributed by atoms with Crippen LogP contribution >= 0.6 is 0 Å². The Morgan fingerprint density at radius 3 is 2.74 bits per heavy atom. The van der Waals surface area contributed by atoms with Crippen LogP contribution in [0.2, 0.25) is 0 Å². The van der Waals surface area contributed by atoms with Gasteiger partial charge in [0.05, 0.1) is 6.54 Å². The molecule has 5 heteroatoms. The Kier molecular flexibility index (Phi) is 2.55. The van der Waals surface area contributed by atoms with Crippen LogP contribution in [0.25, 0.3) is 0 Å². The molecule has 4 saturated heterocycles. The van der Waals surface area contributed by atoms with Crippen molar-refractivity contribution in [2.45, 2.75) is 24.8 Å². The maximum atomic E-state index is 6.21. The summed E-state index contributed by atoms with van der Waals surface area (Å²) >= 11 is 0. The Morgan fingerprint density at radius 2 is 2.11 bits per heavy atom. The van der Waals surface area contributed by atoms with E-state index in [2.05, 4.69) is 14.8 Å². The molecule has 0 aromatic carbocycles. The van der Waals surface area contributed by atoms with Gasteiger partial charge in [-0.3, -0.25) is 5.73 Å². The third-order valence-electron chi connectivity index (χ3n) is 4.87. The quantitative estimate of drug-likeness (QED) is 0.802. The van der Waals surface area contributed by atoms with Gasteiger partial charge in [-0.15, -0.1) is 0 Å². The molecular formula is C14H20N4O. The summed E-state index contributed by atoms with van der Waals surface area (Å²) in [6.45, 7) is 4.32. The molecule has 0 radical (unpaired) electrons. The van der Waals surface area contributed by atoms with Crippen molar-refractivity contribution in [3.63, 3.8) is 0 Å². The molecule has 1 aromatic heterocycles. The highest BCUT2D eigenvalue weighted by atomic mass is 16.6. The van der Waals surface area contributed by atoms with Crippen LogP contribution < -0.4 is 10.6 Å². The highest BCUT2D eigenvalue weighted by Crippen LogP contribution is 2.43. The summed E-state index contributed by atoms with van der Waals surface area (Å²) in [5, 5.41) is 0.